The summed E-state index contributed by atoms with van der Waals surface area (Å²) in [7, 11) is 0. The fraction of sp³-hybridized carbons (Fsp3) is 0.136. The molecule has 4 aromatic heterocycles. The van der Waals surface area contributed by atoms with Crippen molar-refractivity contribution in [2.24, 2.45) is 0 Å². The molecule has 1 atom stereocenters. The summed E-state index contributed by atoms with van der Waals surface area (Å²) in [5, 5.41) is 16.1. The lowest BCUT2D eigenvalue weighted by Gasteiger charge is -2.28. The number of H-pyrrole nitrogens is 2. The zero-order chi connectivity index (χ0) is 22.5. The third-order valence-electron chi connectivity index (χ3n) is 5.37. The first kappa shape index (κ1) is 19.8. The number of halogens is 1. The molecule has 5 aromatic rings. The van der Waals surface area contributed by atoms with E-state index in [0.717, 1.165) is 11.8 Å². The van der Waals surface area contributed by atoms with Crippen LogP contribution in [0.15, 0.2) is 58.4 Å². The number of rotatable bonds is 4. The highest BCUT2D eigenvalue weighted by molar-refractivity contribution is 5.87. The molecule has 9 nitrogen and oxygen atoms in total. The molecule has 0 saturated heterocycles. The molecule has 5 rings (SSSR count). The molecule has 3 N–H and O–H groups in total. The standard InChI is InChI=1S/C22H17FN6O3/c1-11-19(12(2)32-29-11)13-7-15(20-16(8-13)27-21(30)28-20)22(31,18-10-24-5-6-25-18)17-4-3-14(23)9-26-17/h3-10,31H,1-2H3,(H2,27,28,30). The Morgan fingerprint density at radius 2 is 1.91 bits per heavy atom. The average Bonchev–Trinajstić information content (AvgIpc) is 3.33. The third kappa shape index (κ3) is 3.00. The van der Waals surface area contributed by atoms with E-state index in [0.29, 0.717) is 28.1 Å². The van der Waals surface area contributed by atoms with E-state index in [4.69, 9.17) is 4.52 Å². The summed E-state index contributed by atoms with van der Waals surface area (Å²) < 4.78 is 18.9. The predicted molar refractivity (Wildman–Crippen MR) is 112 cm³/mol. The Bertz CT molecular complexity index is 1470. The van der Waals surface area contributed by atoms with Crippen LogP contribution in [-0.4, -0.2) is 35.2 Å². The van der Waals surface area contributed by atoms with Crippen molar-refractivity contribution in [2.75, 3.05) is 0 Å². The molecule has 4 heterocycles. The van der Waals surface area contributed by atoms with Gasteiger partial charge in [-0.05, 0) is 43.7 Å². The minimum atomic E-state index is -1.96. The van der Waals surface area contributed by atoms with Crippen LogP contribution in [0.3, 0.4) is 0 Å². The van der Waals surface area contributed by atoms with Crippen molar-refractivity contribution in [3.63, 3.8) is 0 Å². The smallest absolute Gasteiger partial charge is 0.323 e. The molecule has 160 valence electrons. The second-order valence-electron chi connectivity index (χ2n) is 7.39. The second kappa shape index (κ2) is 7.20. The Morgan fingerprint density at radius 3 is 2.56 bits per heavy atom. The van der Waals surface area contributed by atoms with Crippen molar-refractivity contribution < 1.29 is 14.0 Å². The number of hydrogen-bond donors (Lipinski definition) is 3. The zero-order valence-corrected chi connectivity index (χ0v) is 17.0. The van der Waals surface area contributed by atoms with Gasteiger partial charge in [0.2, 0.25) is 0 Å². The minimum absolute atomic E-state index is 0.110. The van der Waals surface area contributed by atoms with Crippen molar-refractivity contribution in [1.82, 2.24) is 30.1 Å². The van der Waals surface area contributed by atoms with E-state index < -0.39 is 17.1 Å². The largest absolute Gasteiger partial charge is 0.373 e. The van der Waals surface area contributed by atoms with E-state index in [1.54, 1.807) is 26.0 Å². The lowest BCUT2D eigenvalue weighted by atomic mass is 9.84. The van der Waals surface area contributed by atoms with Crippen LogP contribution in [0.5, 0.6) is 0 Å². The lowest BCUT2D eigenvalue weighted by molar-refractivity contribution is 0.117. The van der Waals surface area contributed by atoms with Crippen LogP contribution in [0.4, 0.5) is 4.39 Å². The summed E-state index contributed by atoms with van der Waals surface area (Å²) in [5.74, 6) is 0.0218. The van der Waals surface area contributed by atoms with Crippen LogP contribution in [0.1, 0.15) is 28.4 Å². The zero-order valence-electron chi connectivity index (χ0n) is 17.0. The van der Waals surface area contributed by atoms with Gasteiger partial charge in [-0.3, -0.25) is 15.0 Å². The van der Waals surface area contributed by atoms with Gasteiger partial charge in [0.05, 0.1) is 34.8 Å². The Balaban J connectivity index is 1.89. The fourth-order valence-electron chi connectivity index (χ4n) is 3.95. The van der Waals surface area contributed by atoms with E-state index in [-0.39, 0.29) is 17.0 Å². The highest BCUT2D eigenvalue weighted by Crippen LogP contribution is 2.40. The quantitative estimate of drug-likeness (QED) is 0.398. The van der Waals surface area contributed by atoms with Crippen LogP contribution in [0.25, 0.3) is 22.2 Å². The van der Waals surface area contributed by atoms with Gasteiger partial charge in [-0.15, -0.1) is 0 Å². The van der Waals surface area contributed by atoms with Gasteiger partial charge in [0.15, 0.2) is 5.60 Å². The first-order valence-electron chi connectivity index (χ1n) is 9.68. The van der Waals surface area contributed by atoms with Crippen LogP contribution >= 0.6 is 0 Å². The molecule has 10 heteroatoms. The van der Waals surface area contributed by atoms with Crippen LogP contribution < -0.4 is 5.69 Å². The molecule has 0 fully saturated rings. The van der Waals surface area contributed by atoms with Gasteiger partial charge in [0.1, 0.15) is 17.3 Å². The number of aromatic nitrogens is 6. The number of aryl methyl sites for hydroxylation is 2. The van der Waals surface area contributed by atoms with Crippen molar-refractivity contribution in [1.29, 1.82) is 0 Å². The van der Waals surface area contributed by atoms with Gasteiger partial charge >= 0.3 is 5.69 Å². The van der Waals surface area contributed by atoms with Gasteiger partial charge in [-0.25, -0.2) is 9.18 Å². The maximum atomic E-state index is 13.6. The summed E-state index contributed by atoms with van der Waals surface area (Å²) in [5.41, 5.74) is 0.962. The van der Waals surface area contributed by atoms with Crippen molar-refractivity contribution in [3.8, 4) is 11.1 Å². The monoisotopic (exact) mass is 432 g/mol. The summed E-state index contributed by atoms with van der Waals surface area (Å²) in [6.07, 6.45) is 5.30. The molecule has 0 spiro atoms. The van der Waals surface area contributed by atoms with Gasteiger partial charge in [-0.2, -0.15) is 0 Å². The number of imidazole rings is 1. The predicted octanol–water partition coefficient (Wildman–Crippen LogP) is 2.74. The molecular formula is C22H17FN6O3. The highest BCUT2D eigenvalue weighted by Gasteiger charge is 2.40. The number of benzene rings is 1. The number of nitrogens with one attached hydrogen (secondary N) is 2. The molecule has 32 heavy (non-hydrogen) atoms. The van der Waals surface area contributed by atoms with E-state index in [1.165, 1.54) is 30.7 Å². The second-order valence-corrected chi connectivity index (χ2v) is 7.39. The van der Waals surface area contributed by atoms with Crippen LogP contribution in [-0.2, 0) is 5.60 Å². The number of nitrogens with zero attached hydrogens (tertiary/aromatic N) is 4. The molecule has 1 unspecified atom stereocenters. The molecule has 0 radical (unpaired) electrons. The number of aromatic amines is 2. The number of aliphatic hydroxyl groups is 1. The Labute approximate surface area is 180 Å². The maximum Gasteiger partial charge on any atom is 0.323 e. The lowest BCUT2D eigenvalue weighted by Crippen LogP contribution is -2.32. The fourth-order valence-corrected chi connectivity index (χ4v) is 3.95. The highest BCUT2D eigenvalue weighted by atomic mass is 19.1. The van der Waals surface area contributed by atoms with Crippen molar-refractivity contribution in [3.05, 3.63) is 93.8 Å². The summed E-state index contributed by atoms with van der Waals surface area (Å²) in [6, 6.07) is 6.03. The summed E-state index contributed by atoms with van der Waals surface area (Å²) in [4.78, 5) is 30.1. The SMILES string of the molecule is Cc1noc(C)c1-c1cc(C(O)(c2ccc(F)cn2)c2cnccn2)c2[nH]c(=O)[nH]c2c1. The van der Waals surface area contributed by atoms with E-state index in [2.05, 4.69) is 30.1 Å². The van der Waals surface area contributed by atoms with Gasteiger partial charge in [0, 0.05) is 23.5 Å². The minimum Gasteiger partial charge on any atom is -0.373 e. The summed E-state index contributed by atoms with van der Waals surface area (Å²) in [6.45, 7) is 3.57. The van der Waals surface area contributed by atoms with E-state index >= 15 is 0 Å². The first-order chi connectivity index (χ1) is 15.4. The molecule has 0 aliphatic heterocycles. The van der Waals surface area contributed by atoms with Gasteiger partial charge < -0.3 is 19.6 Å². The molecule has 0 bridgehead atoms. The van der Waals surface area contributed by atoms with Gasteiger partial charge in [-0.1, -0.05) is 5.16 Å². The maximum absolute atomic E-state index is 13.6. The van der Waals surface area contributed by atoms with Gasteiger partial charge in [0.25, 0.3) is 0 Å². The molecular weight excluding hydrogens is 415 g/mol. The van der Waals surface area contributed by atoms with Crippen LogP contribution in [0, 0.1) is 19.7 Å². The average molecular weight is 432 g/mol. The van der Waals surface area contributed by atoms with E-state index in [1.807, 2.05) is 0 Å². The van der Waals surface area contributed by atoms with Crippen molar-refractivity contribution >= 4 is 11.0 Å². The number of hydrogen-bond acceptors (Lipinski definition) is 7. The molecule has 0 amide bonds. The normalized spacial score (nSPS) is 13.4. The third-order valence-corrected chi connectivity index (χ3v) is 5.37. The van der Waals surface area contributed by atoms with E-state index in [9.17, 15) is 14.3 Å². The Hall–Kier alpha value is -4.18. The summed E-state index contributed by atoms with van der Waals surface area (Å²) >= 11 is 0. The number of fused-ring (bicyclic) bond motifs is 1. The Morgan fingerprint density at radius 1 is 1.06 bits per heavy atom. The molecule has 0 saturated carbocycles. The Kier molecular flexibility index (Phi) is 4.45. The number of pyridine rings is 1. The topological polar surface area (TPSA) is 134 Å². The molecule has 0 aliphatic carbocycles. The van der Waals surface area contributed by atoms with Crippen LogP contribution in [0.2, 0.25) is 0 Å². The molecule has 1 aromatic carbocycles. The molecule has 0 aliphatic rings. The first-order valence-corrected chi connectivity index (χ1v) is 9.68. The van der Waals surface area contributed by atoms with Crippen molar-refractivity contribution in [2.45, 2.75) is 19.4 Å².